The molecule has 3 aromatic rings. The number of aromatic nitrogens is 2. The van der Waals surface area contributed by atoms with Gasteiger partial charge in [-0.25, -0.2) is 14.2 Å². The minimum atomic E-state index is -0.623. The normalized spacial score (nSPS) is 16.5. The van der Waals surface area contributed by atoms with E-state index < -0.39 is 5.82 Å². The summed E-state index contributed by atoms with van der Waals surface area (Å²) in [5, 5.41) is 0. The largest absolute Gasteiger partial charge is 0.497 e. The summed E-state index contributed by atoms with van der Waals surface area (Å²) in [6, 6.07) is 12.0. The molecule has 1 unspecified atom stereocenters. The molecule has 182 valence electrons. The standard InChI is InChI=1S/C28H31FN4O2/c1-30-24-15-11-20(18-23(24)29)27-26(19-9-13-22(35-4)14-10-19)28(34)33(3)25(31-27)16-12-21-8-6-5-7-17-32(21)2/h9-11,13-15,18,21H,5-8,12,16-17H2,2-4H3. The first-order chi connectivity index (χ1) is 16.9. The molecule has 1 aliphatic rings. The van der Waals surface area contributed by atoms with Gasteiger partial charge >= 0.3 is 0 Å². The molecule has 0 aliphatic carbocycles. The number of benzene rings is 2. The molecule has 0 spiro atoms. The quantitative estimate of drug-likeness (QED) is 0.435. The average molecular weight is 475 g/mol. The average Bonchev–Trinajstić information content (AvgIpc) is 3.08. The van der Waals surface area contributed by atoms with E-state index in [-0.39, 0.29) is 11.2 Å². The molecular formula is C28H31FN4O2. The van der Waals surface area contributed by atoms with Crippen molar-refractivity contribution in [1.82, 2.24) is 14.5 Å². The Bertz CT molecular complexity index is 1290. The van der Waals surface area contributed by atoms with Crippen LogP contribution >= 0.6 is 0 Å². The highest BCUT2D eigenvalue weighted by Gasteiger charge is 2.22. The monoisotopic (exact) mass is 474 g/mol. The van der Waals surface area contributed by atoms with Crippen LogP contribution in [0.15, 0.2) is 47.3 Å². The lowest BCUT2D eigenvalue weighted by molar-refractivity contribution is 0.233. The summed E-state index contributed by atoms with van der Waals surface area (Å²) in [6.07, 6.45) is 6.39. The lowest BCUT2D eigenvalue weighted by Gasteiger charge is -2.26. The molecule has 0 saturated carbocycles. The van der Waals surface area contributed by atoms with Gasteiger partial charge in [0, 0.05) is 25.1 Å². The van der Waals surface area contributed by atoms with Crippen molar-refractivity contribution in [2.24, 2.45) is 7.05 Å². The molecule has 0 amide bonds. The second-order valence-corrected chi connectivity index (χ2v) is 9.14. The van der Waals surface area contributed by atoms with Crippen molar-refractivity contribution < 1.29 is 9.13 Å². The van der Waals surface area contributed by atoms with E-state index in [1.54, 1.807) is 36.9 Å². The van der Waals surface area contributed by atoms with Crippen molar-refractivity contribution in [1.29, 1.82) is 0 Å². The second-order valence-electron chi connectivity index (χ2n) is 9.14. The van der Waals surface area contributed by atoms with Crippen LogP contribution in [0.25, 0.3) is 27.2 Å². The molecule has 6 nitrogen and oxygen atoms in total. The van der Waals surface area contributed by atoms with Gasteiger partial charge in [0.1, 0.15) is 17.4 Å². The van der Waals surface area contributed by atoms with Crippen LogP contribution in [0.4, 0.5) is 10.1 Å². The lowest BCUT2D eigenvalue weighted by atomic mass is 9.99. The Labute approximate surface area is 205 Å². The predicted molar refractivity (Wildman–Crippen MR) is 136 cm³/mol. The Morgan fingerprint density at radius 3 is 2.54 bits per heavy atom. The fourth-order valence-corrected chi connectivity index (χ4v) is 4.82. The molecule has 1 saturated heterocycles. The van der Waals surface area contributed by atoms with E-state index in [0.29, 0.717) is 46.4 Å². The number of methoxy groups -OCH3 is 1. The van der Waals surface area contributed by atoms with Crippen molar-refractivity contribution in [2.45, 2.75) is 44.6 Å². The third-order valence-electron chi connectivity index (χ3n) is 6.98. The molecular weight excluding hydrogens is 443 g/mol. The first-order valence-electron chi connectivity index (χ1n) is 12.0. The number of likely N-dealkylation sites (tertiary alicyclic amines) is 1. The van der Waals surface area contributed by atoms with Gasteiger partial charge in [-0.1, -0.05) is 37.1 Å². The molecule has 2 aromatic carbocycles. The van der Waals surface area contributed by atoms with E-state index in [1.165, 1.54) is 31.4 Å². The van der Waals surface area contributed by atoms with Gasteiger partial charge < -0.3 is 9.64 Å². The molecule has 35 heavy (non-hydrogen) atoms. The molecule has 7 heteroatoms. The Balaban J connectivity index is 1.80. The maximum atomic E-state index is 14.6. The number of nitrogens with zero attached hydrogens (tertiary/aromatic N) is 4. The number of hydrogen-bond donors (Lipinski definition) is 0. The summed E-state index contributed by atoms with van der Waals surface area (Å²) in [5.41, 5.74) is 1.75. The van der Waals surface area contributed by atoms with Crippen LogP contribution in [0.3, 0.4) is 0 Å². The van der Waals surface area contributed by atoms with Gasteiger partial charge in [0.05, 0.1) is 24.9 Å². The van der Waals surface area contributed by atoms with E-state index in [4.69, 9.17) is 16.3 Å². The van der Waals surface area contributed by atoms with Crippen molar-refractivity contribution in [3.05, 3.63) is 75.9 Å². The van der Waals surface area contributed by atoms with E-state index in [1.807, 2.05) is 12.1 Å². The van der Waals surface area contributed by atoms with Gasteiger partial charge in [0.2, 0.25) is 5.69 Å². The molecule has 1 aliphatic heterocycles. The highest BCUT2D eigenvalue weighted by Crippen LogP contribution is 2.32. The van der Waals surface area contributed by atoms with E-state index in [2.05, 4.69) is 16.8 Å². The van der Waals surface area contributed by atoms with E-state index >= 15 is 0 Å². The summed E-state index contributed by atoms with van der Waals surface area (Å²) in [6.45, 7) is 8.24. The fourth-order valence-electron chi connectivity index (χ4n) is 4.82. The van der Waals surface area contributed by atoms with Crippen molar-refractivity contribution in [2.75, 3.05) is 20.7 Å². The second kappa shape index (κ2) is 10.8. The zero-order valence-electron chi connectivity index (χ0n) is 20.6. The van der Waals surface area contributed by atoms with Crippen molar-refractivity contribution >= 4 is 5.69 Å². The molecule has 0 bridgehead atoms. The smallest absolute Gasteiger partial charge is 0.261 e. The molecule has 1 fully saturated rings. The summed E-state index contributed by atoms with van der Waals surface area (Å²) >= 11 is 0. The Hall–Kier alpha value is -3.50. The van der Waals surface area contributed by atoms with Gasteiger partial charge in [-0.05, 0) is 56.6 Å². The van der Waals surface area contributed by atoms with Crippen LogP contribution in [0.5, 0.6) is 5.75 Å². The molecule has 4 rings (SSSR count). The summed E-state index contributed by atoms with van der Waals surface area (Å²) in [5.74, 6) is 0.730. The van der Waals surface area contributed by atoms with Crippen LogP contribution in [0.1, 0.15) is 37.9 Å². The van der Waals surface area contributed by atoms with E-state index in [0.717, 1.165) is 19.4 Å². The van der Waals surface area contributed by atoms with Crippen LogP contribution < -0.4 is 10.3 Å². The zero-order chi connectivity index (χ0) is 24.9. The van der Waals surface area contributed by atoms with Gasteiger partial charge in [-0.2, -0.15) is 0 Å². The van der Waals surface area contributed by atoms with E-state index in [9.17, 15) is 9.18 Å². The summed E-state index contributed by atoms with van der Waals surface area (Å²) < 4.78 is 21.5. The maximum Gasteiger partial charge on any atom is 0.261 e. The molecule has 1 aromatic heterocycles. The fraction of sp³-hybridized carbons (Fsp3) is 0.393. The van der Waals surface area contributed by atoms with Crippen molar-refractivity contribution in [3.8, 4) is 28.1 Å². The number of hydrogen-bond acceptors (Lipinski definition) is 4. The van der Waals surface area contributed by atoms with Gasteiger partial charge in [0.25, 0.3) is 5.56 Å². The van der Waals surface area contributed by atoms with Gasteiger partial charge in [-0.15, -0.1) is 0 Å². The molecule has 2 heterocycles. The number of ether oxygens (including phenoxy) is 1. The van der Waals surface area contributed by atoms with Gasteiger partial charge in [0.15, 0.2) is 0 Å². The number of aryl methyl sites for hydroxylation is 1. The van der Waals surface area contributed by atoms with Crippen LogP contribution in [-0.2, 0) is 13.5 Å². The van der Waals surface area contributed by atoms with Crippen LogP contribution in [-0.4, -0.2) is 41.2 Å². The lowest BCUT2D eigenvalue weighted by Crippen LogP contribution is -2.32. The van der Waals surface area contributed by atoms with Crippen molar-refractivity contribution in [3.63, 3.8) is 0 Å². The Morgan fingerprint density at radius 1 is 1.11 bits per heavy atom. The highest BCUT2D eigenvalue weighted by molar-refractivity contribution is 5.81. The molecule has 0 radical (unpaired) electrons. The first kappa shape index (κ1) is 24.6. The zero-order valence-corrected chi connectivity index (χ0v) is 20.6. The molecule has 1 atom stereocenters. The minimum Gasteiger partial charge on any atom is -0.497 e. The minimum absolute atomic E-state index is 0.0554. The summed E-state index contributed by atoms with van der Waals surface area (Å²) in [4.78, 5) is 24.2. The van der Waals surface area contributed by atoms with Crippen LogP contribution in [0, 0.1) is 12.4 Å². The predicted octanol–water partition coefficient (Wildman–Crippen LogP) is 5.62. The topological polar surface area (TPSA) is 51.7 Å². The SMILES string of the molecule is [C-]#[N+]c1ccc(-c2nc(CCC3CCCCCN3C)n(C)c(=O)c2-c2ccc(OC)cc2)cc1F. The van der Waals surface area contributed by atoms with Crippen LogP contribution in [0.2, 0.25) is 0 Å². The molecule has 0 N–H and O–H groups in total. The summed E-state index contributed by atoms with van der Waals surface area (Å²) in [7, 11) is 5.51. The maximum absolute atomic E-state index is 14.6. The van der Waals surface area contributed by atoms with Gasteiger partial charge in [-0.3, -0.25) is 9.36 Å². The third kappa shape index (κ3) is 5.28. The number of rotatable bonds is 6. The first-order valence-corrected chi connectivity index (χ1v) is 12.0. The Morgan fingerprint density at radius 2 is 1.86 bits per heavy atom. The number of halogens is 1. The highest BCUT2D eigenvalue weighted by atomic mass is 19.1. The Kier molecular flexibility index (Phi) is 7.62. The third-order valence-corrected chi connectivity index (χ3v) is 6.98.